The molecule has 2 aliphatic heterocycles. The van der Waals surface area contributed by atoms with Gasteiger partial charge in [-0.15, -0.1) is 11.8 Å². The maximum Gasteiger partial charge on any atom is 0.338 e. The van der Waals surface area contributed by atoms with Crippen molar-refractivity contribution in [2.45, 2.75) is 29.2 Å². The first-order valence-corrected chi connectivity index (χ1v) is 12.5. The fourth-order valence-corrected chi connectivity index (χ4v) is 5.93. The van der Waals surface area contributed by atoms with Gasteiger partial charge in [-0.3, -0.25) is 14.3 Å². The summed E-state index contributed by atoms with van der Waals surface area (Å²) in [5, 5.41) is 3.85. The Kier molecular flexibility index (Phi) is 6.81. The van der Waals surface area contributed by atoms with Crippen molar-refractivity contribution in [3.63, 3.8) is 0 Å². The zero-order chi connectivity index (χ0) is 26.8. The second-order valence-electron chi connectivity index (χ2n) is 8.67. The molecule has 3 heterocycles. The van der Waals surface area contributed by atoms with Crippen molar-refractivity contribution < 1.29 is 23.8 Å². The highest BCUT2D eigenvalue weighted by Gasteiger charge is 2.70. The van der Waals surface area contributed by atoms with E-state index in [1.807, 2.05) is 0 Å². The summed E-state index contributed by atoms with van der Waals surface area (Å²) in [7, 11) is 0. The Hall–Kier alpha value is -4.32. The monoisotopic (exact) mass is 535 g/mol. The van der Waals surface area contributed by atoms with Gasteiger partial charge >= 0.3 is 17.6 Å². The van der Waals surface area contributed by atoms with Crippen LogP contribution >= 0.6 is 11.8 Å². The molecule has 38 heavy (non-hydrogen) atoms. The molecule has 13 heteroatoms. The molecule has 194 valence electrons. The SMILES string of the molecule is [N-]=[N+]=N[C@]1(COC(=O)c2ccccc2)O[C@@H](n2ccc(=O)[nH]c2=O)[C@@]2(CCS2)[C@@H]1OC(=O)c1ccccc1. The molecule has 0 saturated carbocycles. The van der Waals surface area contributed by atoms with Gasteiger partial charge in [-0.05, 0) is 42.0 Å². The molecule has 2 fully saturated rings. The van der Waals surface area contributed by atoms with E-state index in [0.717, 1.165) is 10.6 Å². The van der Waals surface area contributed by atoms with Crippen LogP contribution in [0, 0.1) is 0 Å². The molecule has 3 aromatic rings. The molecule has 5 rings (SSSR count). The zero-order valence-electron chi connectivity index (χ0n) is 19.8. The topological polar surface area (TPSA) is 165 Å². The molecule has 2 saturated heterocycles. The lowest BCUT2D eigenvalue weighted by Gasteiger charge is -2.45. The summed E-state index contributed by atoms with van der Waals surface area (Å²) in [6, 6.07) is 17.5. The lowest BCUT2D eigenvalue weighted by Crippen LogP contribution is -2.57. The van der Waals surface area contributed by atoms with Crippen LogP contribution in [0.15, 0.2) is 87.6 Å². The molecule has 1 aromatic heterocycles. The van der Waals surface area contributed by atoms with Gasteiger partial charge in [0, 0.05) is 17.2 Å². The third kappa shape index (κ3) is 4.47. The van der Waals surface area contributed by atoms with Crippen LogP contribution in [0.5, 0.6) is 0 Å². The van der Waals surface area contributed by atoms with Gasteiger partial charge in [-0.25, -0.2) is 14.4 Å². The minimum Gasteiger partial charge on any atom is -0.459 e. The number of carbonyl (C=O) groups is 2. The molecule has 2 aromatic carbocycles. The smallest absolute Gasteiger partial charge is 0.338 e. The molecule has 0 radical (unpaired) electrons. The third-order valence-electron chi connectivity index (χ3n) is 6.42. The van der Waals surface area contributed by atoms with E-state index < -0.39 is 52.6 Å². The van der Waals surface area contributed by atoms with Crippen molar-refractivity contribution in [3.05, 3.63) is 115 Å². The van der Waals surface area contributed by atoms with Crippen molar-refractivity contribution in [2.24, 2.45) is 5.11 Å². The average molecular weight is 536 g/mol. The molecule has 0 aliphatic carbocycles. The normalized spacial score (nSPS) is 25.7. The molecule has 0 amide bonds. The summed E-state index contributed by atoms with van der Waals surface area (Å²) >= 11 is 1.36. The maximum atomic E-state index is 13.2. The minimum atomic E-state index is -2.02. The molecule has 1 N–H and O–H groups in total. The maximum absolute atomic E-state index is 13.2. The largest absolute Gasteiger partial charge is 0.459 e. The standard InChI is InChI=1S/C25H21N5O7S/c26-29-28-25(15-35-19(32)16-7-3-1-4-8-16)21(36-20(33)17-9-5-2-6-10-17)24(12-14-38-24)22(37-25)30-13-11-18(31)27-23(30)34/h1-11,13,21-22H,12,14-15H2,(H,27,31,34)/t21-,22+,24+,25+/m0/s1. The van der Waals surface area contributed by atoms with E-state index in [2.05, 4.69) is 15.0 Å². The first-order valence-electron chi connectivity index (χ1n) is 11.6. The van der Waals surface area contributed by atoms with E-state index in [4.69, 9.17) is 14.2 Å². The summed E-state index contributed by atoms with van der Waals surface area (Å²) in [5.41, 5.74) is 6.63. The number of esters is 2. The molecule has 4 atom stereocenters. The Morgan fingerprint density at radius 2 is 1.71 bits per heavy atom. The first-order chi connectivity index (χ1) is 18.4. The Morgan fingerprint density at radius 1 is 1.08 bits per heavy atom. The second kappa shape index (κ2) is 10.2. The van der Waals surface area contributed by atoms with Gasteiger partial charge in [0.15, 0.2) is 12.3 Å². The van der Waals surface area contributed by atoms with Crippen LogP contribution in [-0.4, -0.2) is 50.4 Å². The minimum absolute atomic E-state index is 0.243. The predicted octanol–water partition coefficient (Wildman–Crippen LogP) is 3.03. The number of thioether (sulfide) groups is 1. The van der Waals surface area contributed by atoms with Crippen LogP contribution < -0.4 is 11.2 Å². The average Bonchev–Trinajstić information content (AvgIpc) is 3.18. The number of aromatic amines is 1. The van der Waals surface area contributed by atoms with E-state index in [1.165, 1.54) is 18.0 Å². The Morgan fingerprint density at radius 3 is 2.26 bits per heavy atom. The van der Waals surface area contributed by atoms with Crippen LogP contribution in [0.25, 0.3) is 10.4 Å². The number of aromatic nitrogens is 2. The number of ether oxygens (including phenoxy) is 3. The molecule has 12 nitrogen and oxygen atoms in total. The number of carbonyl (C=O) groups excluding carboxylic acids is 2. The zero-order valence-corrected chi connectivity index (χ0v) is 20.6. The number of hydrogen-bond donors (Lipinski definition) is 1. The number of H-pyrrole nitrogens is 1. The second-order valence-corrected chi connectivity index (χ2v) is 10.1. The highest BCUT2D eigenvalue weighted by atomic mass is 32.2. The summed E-state index contributed by atoms with van der Waals surface area (Å²) in [6.45, 7) is -0.603. The summed E-state index contributed by atoms with van der Waals surface area (Å²) in [6.07, 6.45) is -0.717. The molecule has 0 bridgehead atoms. The van der Waals surface area contributed by atoms with Crippen molar-refractivity contribution in [1.82, 2.24) is 9.55 Å². The number of nitrogens with one attached hydrogen (secondary N) is 1. The number of hydrogen-bond acceptors (Lipinski definition) is 9. The third-order valence-corrected chi connectivity index (χ3v) is 7.99. The number of azide groups is 1. The Labute approximate surface area is 219 Å². The highest BCUT2D eigenvalue weighted by Crippen LogP contribution is 2.61. The molecule has 0 unspecified atom stereocenters. The van der Waals surface area contributed by atoms with E-state index in [1.54, 1.807) is 60.7 Å². The first kappa shape index (κ1) is 25.3. The summed E-state index contributed by atoms with van der Waals surface area (Å²) in [5.74, 6) is -0.796. The quantitative estimate of drug-likeness (QED) is 0.209. The van der Waals surface area contributed by atoms with Crippen LogP contribution in [0.2, 0.25) is 0 Å². The lowest BCUT2D eigenvalue weighted by molar-refractivity contribution is -0.128. The number of rotatable bonds is 7. The Bertz CT molecular complexity index is 1520. The van der Waals surface area contributed by atoms with Gasteiger partial charge in [0.1, 0.15) is 11.4 Å². The van der Waals surface area contributed by atoms with Crippen molar-refractivity contribution in [2.75, 3.05) is 12.4 Å². The fourth-order valence-electron chi connectivity index (χ4n) is 4.57. The van der Waals surface area contributed by atoms with Gasteiger partial charge in [0.2, 0.25) is 5.72 Å². The number of nitrogens with zero attached hydrogens (tertiary/aromatic N) is 4. The van der Waals surface area contributed by atoms with Crippen LogP contribution in [0.4, 0.5) is 0 Å². The van der Waals surface area contributed by atoms with Gasteiger partial charge < -0.3 is 14.2 Å². The van der Waals surface area contributed by atoms with Crippen molar-refractivity contribution >= 4 is 23.7 Å². The van der Waals surface area contributed by atoms with Crippen molar-refractivity contribution in [1.29, 1.82) is 0 Å². The highest BCUT2D eigenvalue weighted by molar-refractivity contribution is 8.02. The van der Waals surface area contributed by atoms with Gasteiger partial charge in [0.25, 0.3) is 5.56 Å². The molecule has 2 aliphatic rings. The molecular weight excluding hydrogens is 514 g/mol. The molecule has 1 spiro atoms. The summed E-state index contributed by atoms with van der Waals surface area (Å²) in [4.78, 5) is 55.5. The van der Waals surface area contributed by atoms with Gasteiger partial charge in [0.05, 0.1) is 11.1 Å². The van der Waals surface area contributed by atoms with Crippen LogP contribution in [0.1, 0.15) is 33.4 Å². The summed E-state index contributed by atoms with van der Waals surface area (Å²) < 4.78 is 17.8. The fraction of sp³-hybridized carbons (Fsp3) is 0.280. The van der Waals surface area contributed by atoms with E-state index in [-0.39, 0.29) is 11.1 Å². The van der Waals surface area contributed by atoms with Crippen LogP contribution in [0.3, 0.4) is 0 Å². The number of benzene rings is 2. The van der Waals surface area contributed by atoms with Gasteiger partial charge in [-0.1, -0.05) is 41.5 Å². The van der Waals surface area contributed by atoms with Crippen LogP contribution in [-0.2, 0) is 14.2 Å². The van der Waals surface area contributed by atoms with Gasteiger partial charge in [-0.2, -0.15) is 0 Å². The van der Waals surface area contributed by atoms with E-state index in [9.17, 15) is 24.7 Å². The van der Waals surface area contributed by atoms with E-state index in [0.29, 0.717) is 12.2 Å². The van der Waals surface area contributed by atoms with Crippen molar-refractivity contribution in [3.8, 4) is 0 Å². The molecular formula is C25H21N5O7S. The van der Waals surface area contributed by atoms with E-state index >= 15 is 0 Å². The predicted molar refractivity (Wildman–Crippen MR) is 135 cm³/mol. The lowest BCUT2D eigenvalue weighted by atomic mass is 9.91. The Balaban J connectivity index is 1.57.